The van der Waals surface area contributed by atoms with Crippen LogP contribution in [-0.2, 0) is 9.59 Å². The molecule has 24 heavy (non-hydrogen) atoms. The van der Waals surface area contributed by atoms with Gasteiger partial charge in [0.25, 0.3) is 0 Å². The molecule has 1 heterocycles. The molecular weight excluding hydrogens is 300 g/mol. The summed E-state index contributed by atoms with van der Waals surface area (Å²) in [7, 11) is 0. The summed E-state index contributed by atoms with van der Waals surface area (Å²) in [5, 5.41) is 3.03. The molecule has 1 saturated heterocycles. The van der Waals surface area contributed by atoms with E-state index >= 15 is 0 Å². The van der Waals surface area contributed by atoms with E-state index in [0.29, 0.717) is 6.54 Å². The van der Waals surface area contributed by atoms with Crippen LogP contribution in [0.3, 0.4) is 0 Å². The fourth-order valence-corrected chi connectivity index (χ4v) is 3.14. The smallest absolute Gasteiger partial charge is 0.227 e. The molecular formula is C20H22N2O2. The summed E-state index contributed by atoms with van der Waals surface area (Å²) in [6, 6.07) is 17.6. The largest absolute Gasteiger partial charge is 0.349 e. The Hall–Kier alpha value is -2.62. The van der Waals surface area contributed by atoms with Gasteiger partial charge in [-0.05, 0) is 31.0 Å². The van der Waals surface area contributed by atoms with Crippen molar-refractivity contribution >= 4 is 17.5 Å². The fourth-order valence-electron chi connectivity index (χ4n) is 3.14. The molecule has 3 rings (SSSR count). The highest BCUT2D eigenvalue weighted by atomic mass is 16.2. The number of nitrogens with zero attached hydrogens (tertiary/aromatic N) is 1. The van der Waals surface area contributed by atoms with Crippen LogP contribution < -0.4 is 10.2 Å². The van der Waals surface area contributed by atoms with Gasteiger partial charge in [-0.3, -0.25) is 9.59 Å². The average molecular weight is 322 g/mol. The van der Waals surface area contributed by atoms with Gasteiger partial charge in [0.15, 0.2) is 0 Å². The predicted octanol–water partition coefficient (Wildman–Crippen LogP) is 3.23. The van der Waals surface area contributed by atoms with Crippen LogP contribution in [0.4, 0.5) is 5.69 Å². The maximum absolute atomic E-state index is 12.5. The van der Waals surface area contributed by atoms with E-state index < -0.39 is 0 Å². The molecule has 0 aliphatic carbocycles. The van der Waals surface area contributed by atoms with Crippen molar-refractivity contribution in [3.63, 3.8) is 0 Å². The van der Waals surface area contributed by atoms with Gasteiger partial charge in [0.2, 0.25) is 11.8 Å². The number of benzene rings is 2. The zero-order valence-electron chi connectivity index (χ0n) is 14.0. The standard InChI is InChI=1S/C20H22N2O2/c1-14-8-6-7-11-18(14)22-13-17(12-19(22)23)20(24)21-15(2)16-9-4-3-5-10-16/h3-11,15,17H,12-13H2,1-2H3,(H,21,24)/t15-,17-/m0/s1. The third kappa shape index (κ3) is 3.32. The highest BCUT2D eigenvalue weighted by molar-refractivity contribution is 6.00. The molecule has 0 radical (unpaired) electrons. The molecule has 4 nitrogen and oxygen atoms in total. The van der Waals surface area contributed by atoms with Crippen molar-refractivity contribution in [2.75, 3.05) is 11.4 Å². The highest BCUT2D eigenvalue weighted by Gasteiger charge is 2.35. The van der Waals surface area contributed by atoms with Crippen LogP contribution in [0.2, 0.25) is 0 Å². The second-order valence-electron chi connectivity index (χ2n) is 6.33. The monoisotopic (exact) mass is 322 g/mol. The van der Waals surface area contributed by atoms with Gasteiger partial charge in [-0.15, -0.1) is 0 Å². The molecule has 1 fully saturated rings. The number of hydrogen-bond acceptors (Lipinski definition) is 2. The number of anilines is 1. The van der Waals surface area contributed by atoms with Gasteiger partial charge in [-0.25, -0.2) is 0 Å². The summed E-state index contributed by atoms with van der Waals surface area (Å²) in [6.45, 7) is 4.38. The molecule has 1 aliphatic heterocycles. The van der Waals surface area contributed by atoms with Crippen LogP contribution in [0, 0.1) is 12.8 Å². The molecule has 2 atom stereocenters. The van der Waals surface area contributed by atoms with Crippen LogP contribution in [0.1, 0.15) is 30.5 Å². The Morgan fingerprint density at radius 1 is 1.12 bits per heavy atom. The number of hydrogen-bond donors (Lipinski definition) is 1. The van der Waals surface area contributed by atoms with Gasteiger partial charge < -0.3 is 10.2 Å². The zero-order chi connectivity index (χ0) is 17.1. The number of aryl methyl sites for hydroxylation is 1. The lowest BCUT2D eigenvalue weighted by Crippen LogP contribution is -2.34. The maximum Gasteiger partial charge on any atom is 0.227 e. The molecule has 2 aromatic rings. The summed E-state index contributed by atoms with van der Waals surface area (Å²) in [4.78, 5) is 26.6. The van der Waals surface area contributed by atoms with Crippen LogP contribution in [0.5, 0.6) is 0 Å². The minimum Gasteiger partial charge on any atom is -0.349 e. The minimum atomic E-state index is -0.303. The molecule has 0 bridgehead atoms. The van der Waals surface area contributed by atoms with E-state index in [4.69, 9.17) is 0 Å². The summed E-state index contributed by atoms with van der Waals surface area (Å²) in [5.74, 6) is -0.351. The fraction of sp³-hybridized carbons (Fsp3) is 0.300. The molecule has 0 spiro atoms. The lowest BCUT2D eigenvalue weighted by Gasteiger charge is -2.20. The summed E-state index contributed by atoms with van der Waals surface area (Å²) < 4.78 is 0. The van der Waals surface area contributed by atoms with Gasteiger partial charge in [-0.1, -0.05) is 48.5 Å². The number of amides is 2. The number of para-hydroxylation sites is 1. The van der Waals surface area contributed by atoms with Crippen molar-refractivity contribution in [2.45, 2.75) is 26.3 Å². The van der Waals surface area contributed by atoms with Crippen molar-refractivity contribution in [1.29, 1.82) is 0 Å². The lowest BCUT2D eigenvalue weighted by atomic mass is 10.1. The number of rotatable bonds is 4. The van der Waals surface area contributed by atoms with E-state index in [1.54, 1.807) is 4.90 Å². The van der Waals surface area contributed by atoms with Crippen LogP contribution >= 0.6 is 0 Å². The van der Waals surface area contributed by atoms with Gasteiger partial charge in [0.1, 0.15) is 0 Å². The predicted molar refractivity (Wildman–Crippen MR) is 94.6 cm³/mol. The minimum absolute atomic E-state index is 0.0109. The van der Waals surface area contributed by atoms with E-state index in [9.17, 15) is 9.59 Å². The van der Waals surface area contributed by atoms with E-state index in [1.807, 2.05) is 68.4 Å². The molecule has 124 valence electrons. The molecule has 0 aromatic heterocycles. The van der Waals surface area contributed by atoms with Gasteiger partial charge >= 0.3 is 0 Å². The van der Waals surface area contributed by atoms with Crippen molar-refractivity contribution in [3.8, 4) is 0 Å². The molecule has 0 saturated carbocycles. The summed E-state index contributed by atoms with van der Waals surface area (Å²) in [6.07, 6.45) is 0.266. The highest BCUT2D eigenvalue weighted by Crippen LogP contribution is 2.28. The molecule has 4 heteroatoms. The van der Waals surface area contributed by atoms with Crippen molar-refractivity contribution in [1.82, 2.24) is 5.32 Å². The molecule has 2 amide bonds. The zero-order valence-corrected chi connectivity index (χ0v) is 14.0. The van der Waals surface area contributed by atoms with E-state index in [2.05, 4.69) is 5.32 Å². The first-order valence-electron chi connectivity index (χ1n) is 8.27. The quantitative estimate of drug-likeness (QED) is 0.939. The molecule has 1 aliphatic rings. The van der Waals surface area contributed by atoms with E-state index in [0.717, 1.165) is 16.8 Å². The Bertz CT molecular complexity index is 742. The SMILES string of the molecule is Cc1ccccc1N1C[C@@H](C(=O)N[C@@H](C)c2ccccc2)CC1=O. The van der Waals surface area contributed by atoms with Gasteiger partial charge in [0, 0.05) is 18.7 Å². The second kappa shape index (κ2) is 6.87. The van der Waals surface area contributed by atoms with Crippen molar-refractivity contribution < 1.29 is 9.59 Å². The van der Waals surface area contributed by atoms with Crippen LogP contribution in [-0.4, -0.2) is 18.4 Å². The van der Waals surface area contributed by atoms with Crippen LogP contribution in [0.15, 0.2) is 54.6 Å². The van der Waals surface area contributed by atoms with E-state index in [1.165, 1.54) is 0 Å². The molecule has 1 N–H and O–H groups in total. The second-order valence-corrected chi connectivity index (χ2v) is 6.33. The Kier molecular flexibility index (Phi) is 4.65. The number of carbonyl (C=O) groups excluding carboxylic acids is 2. The van der Waals surface area contributed by atoms with Crippen molar-refractivity contribution in [3.05, 3.63) is 65.7 Å². The first-order valence-corrected chi connectivity index (χ1v) is 8.27. The third-order valence-electron chi connectivity index (χ3n) is 4.56. The van der Waals surface area contributed by atoms with Gasteiger partial charge in [0.05, 0.1) is 12.0 Å². The number of carbonyl (C=O) groups is 2. The Labute approximate surface area is 142 Å². The summed E-state index contributed by atoms with van der Waals surface area (Å²) >= 11 is 0. The third-order valence-corrected chi connectivity index (χ3v) is 4.56. The topological polar surface area (TPSA) is 49.4 Å². The average Bonchev–Trinajstić information content (AvgIpc) is 2.98. The van der Waals surface area contributed by atoms with Gasteiger partial charge in [-0.2, -0.15) is 0 Å². The summed E-state index contributed by atoms with van der Waals surface area (Å²) in [5.41, 5.74) is 3.00. The normalized spacial score (nSPS) is 18.5. The maximum atomic E-state index is 12.5. The lowest BCUT2D eigenvalue weighted by molar-refractivity contribution is -0.126. The van der Waals surface area contributed by atoms with Crippen LogP contribution in [0.25, 0.3) is 0 Å². The molecule has 2 aromatic carbocycles. The first-order chi connectivity index (χ1) is 11.6. The molecule has 0 unspecified atom stereocenters. The Morgan fingerprint density at radius 2 is 1.79 bits per heavy atom. The van der Waals surface area contributed by atoms with Crippen molar-refractivity contribution in [2.24, 2.45) is 5.92 Å². The Balaban J connectivity index is 1.67. The number of nitrogens with one attached hydrogen (secondary N) is 1. The Morgan fingerprint density at radius 3 is 2.50 bits per heavy atom. The first kappa shape index (κ1) is 16.2. The van der Waals surface area contributed by atoms with E-state index in [-0.39, 0.29) is 30.2 Å².